The van der Waals surface area contributed by atoms with Crippen LogP contribution in [-0.4, -0.2) is 18.5 Å². The molecular formula is C20H22BrNO3. The molecule has 4 nitrogen and oxygen atoms in total. The molecule has 0 fully saturated rings. The summed E-state index contributed by atoms with van der Waals surface area (Å²) in [5.74, 6) is -0.841. The Balaban J connectivity index is 1.83. The van der Waals surface area contributed by atoms with Crippen molar-refractivity contribution >= 4 is 27.8 Å². The van der Waals surface area contributed by atoms with Crippen molar-refractivity contribution < 1.29 is 14.3 Å². The average molecular weight is 404 g/mol. The Morgan fingerprint density at radius 1 is 1.04 bits per heavy atom. The van der Waals surface area contributed by atoms with Gasteiger partial charge >= 0.3 is 5.97 Å². The van der Waals surface area contributed by atoms with E-state index in [1.165, 1.54) is 0 Å². The van der Waals surface area contributed by atoms with Crippen LogP contribution >= 0.6 is 15.9 Å². The fourth-order valence-electron chi connectivity index (χ4n) is 2.21. The highest BCUT2D eigenvalue weighted by Crippen LogP contribution is 2.22. The summed E-state index contributed by atoms with van der Waals surface area (Å²) in [4.78, 5) is 23.9. The maximum atomic E-state index is 12.0. The van der Waals surface area contributed by atoms with E-state index in [0.717, 1.165) is 15.6 Å². The zero-order chi connectivity index (χ0) is 18.4. The second kappa shape index (κ2) is 8.30. The van der Waals surface area contributed by atoms with E-state index in [2.05, 4.69) is 42.0 Å². The molecular weight excluding hydrogens is 382 g/mol. The molecule has 0 spiro atoms. The maximum Gasteiger partial charge on any atom is 0.338 e. The molecule has 0 unspecified atom stereocenters. The number of halogens is 1. The largest absolute Gasteiger partial charge is 0.452 e. The number of benzene rings is 2. The minimum Gasteiger partial charge on any atom is -0.452 e. The third-order valence-electron chi connectivity index (χ3n) is 3.75. The minimum atomic E-state index is -0.503. The standard InChI is InChI=1S/C20H22BrNO3/c1-20(2,3)16-10-8-14(9-11-16)19(24)25-13-18(23)22-12-15-6-4-5-7-17(15)21/h4-11H,12-13H2,1-3H3,(H,22,23). The summed E-state index contributed by atoms with van der Waals surface area (Å²) in [6.45, 7) is 6.39. The van der Waals surface area contributed by atoms with Gasteiger partial charge in [-0.05, 0) is 34.7 Å². The molecule has 2 rings (SSSR count). The summed E-state index contributed by atoms with van der Waals surface area (Å²) in [6, 6.07) is 14.9. The van der Waals surface area contributed by atoms with Crippen LogP contribution in [-0.2, 0) is 21.5 Å². The molecule has 0 aliphatic rings. The first-order valence-electron chi connectivity index (χ1n) is 8.05. The van der Waals surface area contributed by atoms with Gasteiger partial charge in [0.1, 0.15) is 0 Å². The Bertz CT molecular complexity index is 748. The molecule has 0 aromatic heterocycles. The summed E-state index contributed by atoms with van der Waals surface area (Å²) in [5, 5.41) is 2.73. The molecule has 0 aliphatic heterocycles. The van der Waals surface area contributed by atoms with Crippen LogP contribution in [0.4, 0.5) is 0 Å². The molecule has 1 N–H and O–H groups in total. The molecule has 0 aliphatic carbocycles. The molecule has 0 radical (unpaired) electrons. The van der Waals surface area contributed by atoms with Crippen molar-refractivity contribution in [3.63, 3.8) is 0 Å². The minimum absolute atomic E-state index is 0.0219. The number of hydrogen-bond acceptors (Lipinski definition) is 3. The van der Waals surface area contributed by atoms with Gasteiger partial charge in [-0.1, -0.05) is 67.0 Å². The molecule has 2 aromatic rings. The predicted octanol–water partition coefficient (Wildman–Crippen LogP) is 4.22. The zero-order valence-electron chi connectivity index (χ0n) is 14.6. The molecule has 25 heavy (non-hydrogen) atoms. The lowest BCUT2D eigenvalue weighted by atomic mass is 9.87. The monoisotopic (exact) mass is 403 g/mol. The van der Waals surface area contributed by atoms with Crippen molar-refractivity contribution in [2.24, 2.45) is 0 Å². The van der Waals surface area contributed by atoms with Gasteiger partial charge in [-0.3, -0.25) is 4.79 Å². The van der Waals surface area contributed by atoms with Crippen LogP contribution in [0.3, 0.4) is 0 Å². The van der Waals surface area contributed by atoms with Crippen LogP contribution in [0.25, 0.3) is 0 Å². The van der Waals surface area contributed by atoms with Gasteiger partial charge in [0.15, 0.2) is 6.61 Å². The Kier molecular flexibility index (Phi) is 6.37. The normalized spacial score (nSPS) is 11.0. The van der Waals surface area contributed by atoms with Crippen molar-refractivity contribution in [3.05, 3.63) is 69.7 Å². The van der Waals surface area contributed by atoms with Crippen molar-refractivity contribution in [1.82, 2.24) is 5.32 Å². The van der Waals surface area contributed by atoms with E-state index in [-0.39, 0.29) is 17.9 Å². The summed E-state index contributed by atoms with van der Waals surface area (Å²) < 4.78 is 5.99. The van der Waals surface area contributed by atoms with Crippen LogP contribution in [0.5, 0.6) is 0 Å². The number of carbonyl (C=O) groups excluding carboxylic acids is 2. The van der Waals surface area contributed by atoms with Crippen molar-refractivity contribution in [2.75, 3.05) is 6.61 Å². The average Bonchev–Trinajstić information content (AvgIpc) is 2.58. The number of ether oxygens (including phenoxy) is 1. The van der Waals surface area contributed by atoms with Crippen LogP contribution in [0, 0.1) is 0 Å². The first-order valence-corrected chi connectivity index (χ1v) is 8.84. The Labute approximate surface area is 156 Å². The molecule has 0 atom stereocenters. The van der Waals surface area contributed by atoms with E-state index >= 15 is 0 Å². The first kappa shape index (κ1) is 19.2. The van der Waals surface area contributed by atoms with Crippen LogP contribution in [0.1, 0.15) is 42.3 Å². The van der Waals surface area contributed by atoms with Gasteiger partial charge in [0.05, 0.1) is 5.56 Å². The Morgan fingerprint density at radius 3 is 2.28 bits per heavy atom. The third kappa shape index (κ3) is 5.71. The summed E-state index contributed by atoms with van der Waals surface area (Å²) in [7, 11) is 0. The highest BCUT2D eigenvalue weighted by Gasteiger charge is 2.15. The highest BCUT2D eigenvalue weighted by molar-refractivity contribution is 9.10. The summed E-state index contributed by atoms with van der Waals surface area (Å²) in [6.07, 6.45) is 0. The highest BCUT2D eigenvalue weighted by atomic mass is 79.9. The van der Waals surface area contributed by atoms with Gasteiger partial charge in [0, 0.05) is 11.0 Å². The van der Waals surface area contributed by atoms with Gasteiger partial charge < -0.3 is 10.1 Å². The van der Waals surface area contributed by atoms with Gasteiger partial charge in [0.2, 0.25) is 0 Å². The zero-order valence-corrected chi connectivity index (χ0v) is 16.2. The summed E-state index contributed by atoms with van der Waals surface area (Å²) >= 11 is 3.42. The summed E-state index contributed by atoms with van der Waals surface area (Å²) in [5.41, 5.74) is 2.55. The molecule has 5 heteroatoms. The van der Waals surface area contributed by atoms with Crippen LogP contribution in [0.15, 0.2) is 53.0 Å². The van der Waals surface area contributed by atoms with E-state index in [9.17, 15) is 9.59 Å². The van der Waals surface area contributed by atoms with Crippen molar-refractivity contribution in [1.29, 1.82) is 0 Å². The maximum absolute atomic E-state index is 12.0. The Morgan fingerprint density at radius 2 is 1.68 bits per heavy atom. The lowest BCUT2D eigenvalue weighted by Gasteiger charge is -2.18. The second-order valence-corrected chi connectivity index (χ2v) is 7.63. The van der Waals surface area contributed by atoms with Crippen LogP contribution < -0.4 is 5.32 Å². The van der Waals surface area contributed by atoms with E-state index < -0.39 is 5.97 Å². The SMILES string of the molecule is CC(C)(C)c1ccc(C(=O)OCC(=O)NCc2ccccc2Br)cc1. The smallest absolute Gasteiger partial charge is 0.338 e. The number of esters is 1. The van der Waals surface area contributed by atoms with E-state index in [0.29, 0.717) is 12.1 Å². The van der Waals surface area contributed by atoms with Gasteiger partial charge in [0.25, 0.3) is 5.91 Å². The second-order valence-electron chi connectivity index (χ2n) is 6.77. The third-order valence-corrected chi connectivity index (χ3v) is 4.53. The van der Waals surface area contributed by atoms with E-state index in [4.69, 9.17) is 4.74 Å². The number of hydrogen-bond donors (Lipinski definition) is 1. The van der Waals surface area contributed by atoms with Crippen LogP contribution in [0.2, 0.25) is 0 Å². The fourth-order valence-corrected chi connectivity index (χ4v) is 2.63. The topological polar surface area (TPSA) is 55.4 Å². The molecule has 2 aromatic carbocycles. The van der Waals surface area contributed by atoms with E-state index in [1.807, 2.05) is 36.4 Å². The Hall–Kier alpha value is -2.14. The lowest BCUT2D eigenvalue weighted by Crippen LogP contribution is -2.28. The van der Waals surface area contributed by atoms with Gasteiger partial charge in [-0.25, -0.2) is 4.79 Å². The molecule has 0 bridgehead atoms. The van der Waals surface area contributed by atoms with Crippen molar-refractivity contribution in [2.45, 2.75) is 32.7 Å². The molecule has 0 saturated carbocycles. The number of carbonyl (C=O) groups is 2. The molecule has 0 saturated heterocycles. The van der Waals surface area contributed by atoms with Gasteiger partial charge in [-0.15, -0.1) is 0 Å². The molecule has 1 amide bonds. The number of amides is 1. The fraction of sp³-hybridized carbons (Fsp3) is 0.300. The quantitative estimate of drug-likeness (QED) is 0.760. The lowest BCUT2D eigenvalue weighted by molar-refractivity contribution is -0.124. The molecule has 0 heterocycles. The van der Waals surface area contributed by atoms with E-state index in [1.54, 1.807) is 12.1 Å². The number of rotatable bonds is 5. The predicted molar refractivity (Wildman–Crippen MR) is 101 cm³/mol. The van der Waals surface area contributed by atoms with Crippen molar-refractivity contribution in [3.8, 4) is 0 Å². The molecule has 132 valence electrons. The van der Waals surface area contributed by atoms with Gasteiger partial charge in [-0.2, -0.15) is 0 Å². The number of nitrogens with one attached hydrogen (secondary N) is 1. The first-order chi connectivity index (χ1) is 11.8.